The van der Waals surface area contributed by atoms with E-state index in [0.717, 1.165) is 59.9 Å². The lowest BCUT2D eigenvalue weighted by Crippen LogP contribution is -2.71. The van der Waals surface area contributed by atoms with Crippen LogP contribution in [0.15, 0.2) is 48.5 Å². The SMILES string of the molecule is Cc1cc(Cn2c(N3CC4(CNC4)C3)nc3c(-c4ccccc4Cl)cc(Cl)cc32)cc(C)c1F. The molecule has 3 heterocycles. The number of anilines is 1. The molecule has 0 unspecified atom stereocenters. The zero-order valence-electron chi connectivity index (χ0n) is 19.1. The van der Waals surface area contributed by atoms with Crippen LogP contribution in [0.3, 0.4) is 0 Å². The second-order valence-electron chi connectivity index (χ2n) is 9.80. The van der Waals surface area contributed by atoms with Crippen molar-refractivity contribution in [2.45, 2.75) is 20.4 Å². The number of aryl methyl sites for hydroxylation is 2. The summed E-state index contributed by atoms with van der Waals surface area (Å²) in [6.45, 7) is 8.26. The maximum absolute atomic E-state index is 14.3. The van der Waals surface area contributed by atoms with Gasteiger partial charge in [-0.15, -0.1) is 0 Å². The number of halogens is 3. The quantitative estimate of drug-likeness (QED) is 0.365. The molecule has 2 aliphatic rings. The summed E-state index contributed by atoms with van der Waals surface area (Å²) < 4.78 is 16.5. The number of hydrogen-bond acceptors (Lipinski definition) is 3. The minimum absolute atomic E-state index is 0.148. The van der Waals surface area contributed by atoms with Crippen LogP contribution in [0, 0.1) is 25.1 Å². The molecule has 7 heteroatoms. The topological polar surface area (TPSA) is 33.1 Å². The van der Waals surface area contributed by atoms with Crippen molar-refractivity contribution >= 4 is 40.2 Å². The largest absolute Gasteiger partial charge is 0.341 e. The van der Waals surface area contributed by atoms with E-state index in [1.54, 1.807) is 0 Å². The Morgan fingerprint density at radius 3 is 2.35 bits per heavy atom. The number of imidazole rings is 1. The zero-order valence-corrected chi connectivity index (χ0v) is 20.6. The Balaban J connectivity index is 1.53. The van der Waals surface area contributed by atoms with Crippen LogP contribution in [0.25, 0.3) is 22.2 Å². The molecule has 0 saturated carbocycles. The van der Waals surface area contributed by atoms with Crippen molar-refractivity contribution in [3.8, 4) is 11.1 Å². The van der Waals surface area contributed by atoms with Crippen LogP contribution in [-0.2, 0) is 6.54 Å². The van der Waals surface area contributed by atoms with Crippen molar-refractivity contribution in [3.05, 3.63) is 81.1 Å². The summed E-state index contributed by atoms with van der Waals surface area (Å²) >= 11 is 13.2. The third-order valence-electron chi connectivity index (χ3n) is 7.13. The summed E-state index contributed by atoms with van der Waals surface area (Å²) in [6, 6.07) is 15.5. The number of benzene rings is 3. The van der Waals surface area contributed by atoms with Gasteiger partial charge in [0.25, 0.3) is 0 Å². The van der Waals surface area contributed by atoms with Crippen LogP contribution in [0.2, 0.25) is 10.0 Å². The average molecular weight is 495 g/mol. The fraction of sp³-hybridized carbons (Fsp3) is 0.296. The first-order chi connectivity index (χ1) is 16.3. The number of fused-ring (bicyclic) bond motifs is 1. The smallest absolute Gasteiger partial charge is 0.206 e. The van der Waals surface area contributed by atoms with E-state index in [4.69, 9.17) is 28.2 Å². The van der Waals surface area contributed by atoms with E-state index in [1.807, 2.05) is 62.4 Å². The number of nitrogens with zero attached hydrogens (tertiary/aromatic N) is 3. The summed E-state index contributed by atoms with van der Waals surface area (Å²) in [5.74, 6) is 0.772. The molecule has 1 aromatic heterocycles. The molecule has 1 N–H and O–H groups in total. The summed E-state index contributed by atoms with van der Waals surface area (Å²) in [5.41, 5.74) is 6.34. The Kier molecular flexibility index (Phi) is 5.14. The Morgan fingerprint density at radius 1 is 1.00 bits per heavy atom. The molecule has 174 valence electrons. The number of aromatic nitrogens is 2. The van der Waals surface area contributed by atoms with E-state index in [9.17, 15) is 4.39 Å². The summed E-state index contributed by atoms with van der Waals surface area (Å²) in [7, 11) is 0. The maximum atomic E-state index is 14.3. The van der Waals surface area contributed by atoms with E-state index in [-0.39, 0.29) is 5.82 Å². The normalized spacial score (nSPS) is 16.7. The second kappa shape index (κ2) is 7.98. The molecule has 34 heavy (non-hydrogen) atoms. The van der Waals surface area contributed by atoms with Crippen LogP contribution < -0.4 is 10.2 Å². The fourth-order valence-electron chi connectivity index (χ4n) is 5.37. The van der Waals surface area contributed by atoms with E-state index in [0.29, 0.717) is 33.1 Å². The molecule has 4 aromatic rings. The number of hydrogen-bond donors (Lipinski definition) is 1. The van der Waals surface area contributed by atoms with E-state index < -0.39 is 0 Å². The highest BCUT2D eigenvalue weighted by Gasteiger charge is 2.49. The Hall–Kier alpha value is -2.60. The monoisotopic (exact) mass is 494 g/mol. The number of nitrogens with one attached hydrogen (secondary N) is 1. The molecule has 0 amide bonds. The van der Waals surface area contributed by atoms with Gasteiger partial charge in [-0.25, -0.2) is 9.37 Å². The zero-order chi connectivity index (χ0) is 23.6. The third kappa shape index (κ3) is 3.49. The molecule has 3 aromatic carbocycles. The molecule has 2 fully saturated rings. The molecule has 0 aliphatic carbocycles. The van der Waals surface area contributed by atoms with E-state index in [2.05, 4.69) is 14.8 Å². The molecule has 4 nitrogen and oxygen atoms in total. The van der Waals surface area contributed by atoms with Gasteiger partial charge in [-0.05, 0) is 48.7 Å². The predicted molar refractivity (Wildman–Crippen MR) is 138 cm³/mol. The van der Waals surface area contributed by atoms with Crippen molar-refractivity contribution in [3.63, 3.8) is 0 Å². The molecule has 2 saturated heterocycles. The highest BCUT2D eigenvalue weighted by atomic mass is 35.5. The van der Waals surface area contributed by atoms with Crippen molar-refractivity contribution in [2.75, 3.05) is 31.1 Å². The standard InChI is InChI=1S/C27H25Cl2FN4/c1-16-7-18(8-17(2)24(16)30)11-34-23-10-19(28)9-21(20-5-3-4-6-22(20)29)25(23)32-26(34)33-14-27(15-33)12-31-13-27/h3-10,31H,11-15H2,1-2H3. The lowest BCUT2D eigenvalue weighted by Gasteiger charge is -2.56. The first kappa shape index (κ1) is 21.9. The van der Waals surface area contributed by atoms with Crippen LogP contribution >= 0.6 is 23.2 Å². The fourth-order valence-corrected chi connectivity index (χ4v) is 5.82. The maximum Gasteiger partial charge on any atom is 0.206 e. The lowest BCUT2D eigenvalue weighted by molar-refractivity contribution is 0.119. The Morgan fingerprint density at radius 2 is 1.71 bits per heavy atom. The molecular weight excluding hydrogens is 470 g/mol. The average Bonchev–Trinajstić information content (AvgIpc) is 3.08. The van der Waals surface area contributed by atoms with Crippen molar-refractivity contribution in [2.24, 2.45) is 5.41 Å². The molecule has 1 spiro atoms. The van der Waals surface area contributed by atoms with Gasteiger partial charge in [0.15, 0.2) is 0 Å². The summed E-state index contributed by atoms with van der Waals surface area (Å²) in [4.78, 5) is 7.49. The van der Waals surface area contributed by atoms with Gasteiger partial charge in [-0.2, -0.15) is 0 Å². The highest BCUT2D eigenvalue weighted by molar-refractivity contribution is 6.34. The summed E-state index contributed by atoms with van der Waals surface area (Å²) in [6.07, 6.45) is 0. The van der Waals surface area contributed by atoms with Gasteiger partial charge in [-0.1, -0.05) is 53.5 Å². The van der Waals surface area contributed by atoms with Gasteiger partial charge in [-0.3, -0.25) is 0 Å². The van der Waals surface area contributed by atoms with Crippen LogP contribution in [0.4, 0.5) is 10.3 Å². The third-order valence-corrected chi connectivity index (χ3v) is 7.68. The Labute approximate surface area is 208 Å². The molecule has 0 atom stereocenters. The van der Waals surface area contributed by atoms with Gasteiger partial charge in [0.1, 0.15) is 5.82 Å². The molecule has 6 rings (SSSR count). The van der Waals surface area contributed by atoms with Gasteiger partial charge in [0.05, 0.1) is 17.6 Å². The predicted octanol–water partition coefficient (Wildman–Crippen LogP) is 6.22. The van der Waals surface area contributed by atoms with Gasteiger partial charge in [0, 0.05) is 52.8 Å². The first-order valence-electron chi connectivity index (χ1n) is 11.5. The van der Waals surface area contributed by atoms with Crippen molar-refractivity contribution < 1.29 is 4.39 Å². The second-order valence-corrected chi connectivity index (χ2v) is 10.6. The lowest BCUT2D eigenvalue weighted by atomic mass is 9.75. The minimum atomic E-state index is -0.148. The van der Waals surface area contributed by atoms with Crippen LogP contribution in [0.5, 0.6) is 0 Å². The van der Waals surface area contributed by atoms with Crippen LogP contribution in [0.1, 0.15) is 16.7 Å². The summed E-state index contributed by atoms with van der Waals surface area (Å²) in [5, 5.41) is 4.69. The van der Waals surface area contributed by atoms with Crippen molar-refractivity contribution in [1.82, 2.24) is 14.9 Å². The molecule has 0 bridgehead atoms. The molecule has 0 radical (unpaired) electrons. The molecule has 2 aliphatic heterocycles. The Bertz CT molecular complexity index is 1410. The van der Waals surface area contributed by atoms with E-state index in [1.165, 1.54) is 0 Å². The van der Waals surface area contributed by atoms with Gasteiger partial charge in [0.2, 0.25) is 5.95 Å². The number of rotatable bonds is 4. The highest BCUT2D eigenvalue weighted by Crippen LogP contribution is 2.41. The minimum Gasteiger partial charge on any atom is -0.341 e. The van der Waals surface area contributed by atoms with Gasteiger partial charge >= 0.3 is 0 Å². The van der Waals surface area contributed by atoms with Crippen LogP contribution in [-0.4, -0.2) is 35.7 Å². The van der Waals surface area contributed by atoms with Crippen molar-refractivity contribution in [1.29, 1.82) is 0 Å². The van der Waals surface area contributed by atoms with E-state index >= 15 is 0 Å². The van der Waals surface area contributed by atoms with Gasteiger partial charge < -0.3 is 14.8 Å². The first-order valence-corrected chi connectivity index (χ1v) is 12.3. The molecular formula is C27H25Cl2FN4.